The Morgan fingerprint density at radius 1 is 1.08 bits per heavy atom. The van der Waals surface area contributed by atoms with Crippen LogP contribution in [0.4, 0.5) is 26.3 Å². The van der Waals surface area contributed by atoms with Crippen molar-refractivity contribution in [2.75, 3.05) is 19.6 Å². The second-order valence-corrected chi connectivity index (χ2v) is 10.1. The van der Waals surface area contributed by atoms with Crippen LogP contribution in [-0.4, -0.2) is 56.8 Å². The number of carbonyl (C=O) groups excluding carboxylic acids is 1. The standard InChI is InChI=1S/C23H18F6N2O4S2/c24-22(25,26)13-7-12(8-14(9-13)23(27,28)29)17-2-1-16(35-17)10-18-20(34)31(21(36)37-18)15-3-5-30(6-4-15)11-19(32)33/h1-2,7-10,15H,3-6,11H2,(H,32,33). The predicted octanol–water partition coefficient (Wildman–Crippen LogP) is 5.73. The molecule has 2 aliphatic rings. The second kappa shape index (κ2) is 10.1. The number of rotatable bonds is 5. The van der Waals surface area contributed by atoms with Gasteiger partial charge in [-0.2, -0.15) is 26.3 Å². The van der Waals surface area contributed by atoms with Crippen molar-refractivity contribution < 1.29 is 45.5 Å². The van der Waals surface area contributed by atoms with Gasteiger partial charge in [0.25, 0.3) is 5.91 Å². The third kappa shape index (κ3) is 6.18. The lowest BCUT2D eigenvalue weighted by Crippen LogP contribution is -2.47. The van der Waals surface area contributed by atoms with E-state index in [9.17, 15) is 35.9 Å². The molecule has 1 aromatic carbocycles. The number of piperidine rings is 1. The number of thiocarbonyl (C=S) groups is 1. The van der Waals surface area contributed by atoms with Crippen LogP contribution in [0.1, 0.15) is 29.7 Å². The normalized spacial score (nSPS) is 19.3. The first-order chi connectivity index (χ1) is 17.2. The molecule has 4 rings (SSSR count). The first-order valence-electron chi connectivity index (χ1n) is 10.8. The summed E-state index contributed by atoms with van der Waals surface area (Å²) in [5, 5.41) is 8.93. The Morgan fingerprint density at radius 2 is 1.68 bits per heavy atom. The van der Waals surface area contributed by atoms with Gasteiger partial charge in [-0.3, -0.25) is 19.4 Å². The molecule has 14 heteroatoms. The molecule has 1 amide bonds. The van der Waals surface area contributed by atoms with Crippen LogP contribution >= 0.6 is 24.0 Å². The van der Waals surface area contributed by atoms with Gasteiger partial charge in [-0.1, -0.05) is 24.0 Å². The molecule has 6 nitrogen and oxygen atoms in total. The van der Waals surface area contributed by atoms with E-state index in [0.717, 1.165) is 11.8 Å². The van der Waals surface area contributed by atoms with Crippen LogP contribution in [0.25, 0.3) is 17.4 Å². The molecule has 0 saturated carbocycles. The monoisotopic (exact) mass is 564 g/mol. The minimum absolute atomic E-state index is 0.0326. The first kappa shape index (κ1) is 27.2. The van der Waals surface area contributed by atoms with Crippen LogP contribution in [0.5, 0.6) is 0 Å². The highest BCUT2D eigenvalue weighted by molar-refractivity contribution is 8.26. The fourth-order valence-corrected chi connectivity index (χ4v) is 5.51. The molecule has 1 aromatic heterocycles. The number of nitrogens with zero attached hydrogens (tertiary/aromatic N) is 2. The Kier molecular flexibility index (Phi) is 7.45. The molecule has 2 aliphatic heterocycles. The van der Waals surface area contributed by atoms with E-state index in [1.807, 2.05) is 0 Å². The van der Waals surface area contributed by atoms with Crippen molar-refractivity contribution in [3.8, 4) is 11.3 Å². The summed E-state index contributed by atoms with van der Waals surface area (Å²) in [5.74, 6) is -1.52. The van der Waals surface area contributed by atoms with Crippen molar-refractivity contribution in [2.24, 2.45) is 0 Å². The van der Waals surface area contributed by atoms with Crippen molar-refractivity contribution in [3.63, 3.8) is 0 Å². The van der Waals surface area contributed by atoms with Crippen molar-refractivity contribution >= 4 is 46.3 Å². The molecule has 1 N–H and O–H groups in total. The quantitative estimate of drug-likeness (QED) is 0.282. The van der Waals surface area contributed by atoms with Gasteiger partial charge in [-0.25, -0.2) is 0 Å². The number of carboxylic acid groups (broad SMARTS) is 1. The van der Waals surface area contributed by atoms with Gasteiger partial charge < -0.3 is 9.52 Å². The fraction of sp³-hybridized carbons (Fsp3) is 0.348. The number of carbonyl (C=O) groups is 2. The van der Waals surface area contributed by atoms with E-state index < -0.39 is 40.9 Å². The lowest BCUT2D eigenvalue weighted by Gasteiger charge is -2.35. The van der Waals surface area contributed by atoms with Gasteiger partial charge in [-0.15, -0.1) is 0 Å². The third-order valence-electron chi connectivity index (χ3n) is 5.88. The molecule has 2 saturated heterocycles. The predicted molar refractivity (Wildman–Crippen MR) is 126 cm³/mol. The average molecular weight is 565 g/mol. The smallest absolute Gasteiger partial charge is 0.416 e. The first-order valence-corrected chi connectivity index (χ1v) is 12.1. The van der Waals surface area contributed by atoms with Crippen LogP contribution in [0.15, 0.2) is 39.7 Å². The molecular weight excluding hydrogens is 546 g/mol. The van der Waals surface area contributed by atoms with E-state index in [2.05, 4.69) is 0 Å². The zero-order chi connectivity index (χ0) is 27.1. The number of likely N-dealkylation sites (tertiary alicyclic amines) is 1. The van der Waals surface area contributed by atoms with Crippen LogP contribution < -0.4 is 0 Å². The van der Waals surface area contributed by atoms with Gasteiger partial charge in [-0.05, 0) is 43.2 Å². The largest absolute Gasteiger partial charge is 0.480 e. The van der Waals surface area contributed by atoms with Gasteiger partial charge >= 0.3 is 18.3 Å². The number of amides is 1. The summed E-state index contributed by atoms with van der Waals surface area (Å²) >= 11 is 6.35. The van der Waals surface area contributed by atoms with E-state index in [1.54, 1.807) is 4.90 Å². The van der Waals surface area contributed by atoms with E-state index >= 15 is 0 Å². The number of thioether (sulfide) groups is 1. The van der Waals surface area contributed by atoms with Crippen LogP contribution in [0, 0.1) is 0 Å². The number of furan rings is 1. The van der Waals surface area contributed by atoms with Gasteiger partial charge in [0.05, 0.1) is 22.6 Å². The summed E-state index contributed by atoms with van der Waals surface area (Å²) in [4.78, 5) is 27.3. The highest BCUT2D eigenvalue weighted by Gasteiger charge is 2.39. The van der Waals surface area contributed by atoms with E-state index in [-0.39, 0.29) is 35.1 Å². The zero-order valence-electron chi connectivity index (χ0n) is 18.7. The Balaban J connectivity index is 1.54. The third-order valence-corrected chi connectivity index (χ3v) is 7.21. The summed E-state index contributed by atoms with van der Waals surface area (Å²) in [6, 6.07) is 3.49. The molecule has 37 heavy (non-hydrogen) atoms. The maximum Gasteiger partial charge on any atom is 0.416 e. The van der Waals surface area contributed by atoms with Crippen LogP contribution in [0.3, 0.4) is 0 Å². The molecule has 198 valence electrons. The highest BCUT2D eigenvalue weighted by Crippen LogP contribution is 2.40. The van der Waals surface area contributed by atoms with Gasteiger partial charge in [0.2, 0.25) is 0 Å². The topological polar surface area (TPSA) is 74.0 Å². The molecule has 0 aliphatic carbocycles. The SMILES string of the molecule is O=C(O)CN1CCC(N2C(=O)C(=Cc3ccc(-c4cc(C(F)(F)F)cc(C(F)(F)F)c4)o3)SC2=S)CC1. The maximum absolute atomic E-state index is 13.2. The Bertz CT molecular complexity index is 1230. The number of alkyl halides is 6. The molecule has 0 spiro atoms. The zero-order valence-corrected chi connectivity index (χ0v) is 20.4. The number of aliphatic carboxylic acids is 1. The van der Waals surface area contributed by atoms with E-state index in [1.165, 1.54) is 23.1 Å². The molecule has 2 aromatic rings. The molecule has 2 fully saturated rings. The molecule has 0 bridgehead atoms. The second-order valence-electron chi connectivity index (χ2n) is 8.45. The number of carboxylic acids is 1. The summed E-state index contributed by atoms with van der Waals surface area (Å²) in [6.07, 6.45) is -7.61. The van der Waals surface area contributed by atoms with Crippen LogP contribution in [-0.2, 0) is 21.9 Å². The maximum atomic E-state index is 13.2. The Hall–Kier alpha value is -2.84. The van der Waals surface area contributed by atoms with Crippen LogP contribution in [0.2, 0.25) is 0 Å². The highest BCUT2D eigenvalue weighted by atomic mass is 32.2. The molecular formula is C23H18F6N2O4S2. The summed E-state index contributed by atoms with van der Waals surface area (Å²) in [6.45, 7) is 0.860. The molecule has 0 unspecified atom stereocenters. The number of halogens is 6. The molecule has 0 radical (unpaired) electrons. The lowest BCUT2D eigenvalue weighted by molar-refractivity contribution is -0.143. The van der Waals surface area contributed by atoms with Crippen molar-refractivity contribution in [1.29, 1.82) is 0 Å². The van der Waals surface area contributed by atoms with Crippen molar-refractivity contribution in [1.82, 2.24) is 9.80 Å². The van der Waals surface area contributed by atoms with Gasteiger partial charge in [0.15, 0.2) is 0 Å². The minimum atomic E-state index is -5.00. The minimum Gasteiger partial charge on any atom is -0.480 e. The molecule has 0 atom stereocenters. The number of hydrogen-bond acceptors (Lipinski definition) is 6. The van der Waals surface area contributed by atoms with Gasteiger partial charge in [0.1, 0.15) is 15.8 Å². The summed E-state index contributed by atoms with van der Waals surface area (Å²) < 4.78 is 84.9. The summed E-state index contributed by atoms with van der Waals surface area (Å²) in [5.41, 5.74) is -3.35. The Morgan fingerprint density at radius 3 is 2.22 bits per heavy atom. The van der Waals surface area contributed by atoms with E-state index in [4.69, 9.17) is 21.7 Å². The fourth-order valence-electron chi connectivity index (χ4n) is 4.13. The number of hydrogen-bond donors (Lipinski definition) is 1. The number of benzene rings is 1. The van der Waals surface area contributed by atoms with Crippen molar-refractivity contribution in [3.05, 3.63) is 52.1 Å². The average Bonchev–Trinajstić information content (AvgIpc) is 3.37. The summed E-state index contributed by atoms with van der Waals surface area (Å²) in [7, 11) is 0. The van der Waals surface area contributed by atoms with Crippen molar-refractivity contribution in [2.45, 2.75) is 31.2 Å². The van der Waals surface area contributed by atoms with E-state index in [0.29, 0.717) is 42.4 Å². The molecule has 3 heterocycles. The lowest BCUT2D eigenvalue weighted by atomic mass is 10.0. The Labute approximate surface area is 215 Å². The van der Waals surface area contributed by atoms with Gasteiger partial charge in [0, 0.05) is 30.8 Å².